The Kier molecular flexibility index (Phi) is 25.1. The molecule has 480 valence electrons. The first-order valence-corrected chi connectivity index (χ1v) is 29.5. The van der Waals surface area contributed by atoms with Crippen LogP contribution in [0.1, 0.15) is 82.4 Å². The first-order chi connectivity index (χ1) is 42.3. The van der Waals surface area contributed by atoms with E-state index < -0.39 is 145 Å². The van der Waals surface area contributed by atoms with Gasteiger partial charge in [0.15, 0.2) is 17.5 Å². The molecule has 0 saturated carbocycles. The molecule has 2 aliphatic heterocycles. The van der Waals surface area contributed by atoms with Gasteiger partial charge in [-0.2, -0.15) is 0 Å². The van der Waals surface area contributed by atoms with Crippen LogP contribution in [-0.2, 0) is 67.2 Å². The summed E-state index contributed by atoms with van der Waals surface area (Å²) in [5, 5.41) is 50.8. The number of aliphatic hydroxyl groups excluding tert-OH is 2. The summed E-state index contributed by atoms with van der Waals surface area (Å²) in [5.74, 6) is -9.05. The lowest BCUT2D eigenvalue weighted by Crippen LogP contribution is -2.59. The fourth-order valence-electron chi connectivity index (χ4n) is 11.0. The number of amides is 10. The summed E-state index contributed by atoms with van der Waals surface area (Å²) >= 11 is 0. The largest absolute Gasteiger partial charge is 0.508 e. The van der Waals surface area contributed by atoms with E-state index in [2.05, 4.69) is 47.2 Å². The molecular formula is C61H82N14O14. The number of aromatic hydroxyl groups is 1. The number of aromatic amines is 1. The van der Waals surface area contributed by atoms with Crippen molar-refractivity contribution < 1.29 is 68.1 Å². The van der Waals surface area contributed by atoms with Crippen molar-refractivity contribution in [2.45, 2.75) is 139 Å². The number of primary amides is 2. The number of aliphatic hydroxyl groups is 2. The number of phenols is 1. The van der Waals surface area contributed by atoms with Crippen molar-refractivity contribution in [2.75, 3.05) is 33.2 Å². The van der Waals surface area contributed by atoms with Crippen molar-refractivity contribution in [1.82, 2.24) is 52.0 Å². The van der Waals surface area contributed by atoms with Gasteiger partial charge in [0.05, 0.1) is 37.3 Å². The minimum Gasteiger partial charge on any atom is -0.508 e. The van der Waals surface area contributed by atoms with Crippen molar-refractivity contribution in [1.29, 1.82) is 0 Å². The first-order valence-electron chi connectivity index (χ1n) is 29.5. The van der Waals surface area contributed by atoms with Gasteiger partial charge in [-0.05, 0) is 66.5 Å². The fourth-order valence-corrected chi connectivity index (χ4v) is 11.0. The topological polar surface area (TPSA) is 445 Å². The predicted octanol–water partition coefficient (Wildman–Crippen LogP) is -1.68. The van der Waals surface area contributed by atoms with Crippen LogP contribution in [0.25, 0.3) is 10.9 Å². The number of fused-ring (bicyclic) bond motifs is 1. The van der Waals surface area contributed by atoms with Crippen molar-refractivity contribution in [3.05, 3.63) is 102 Å². The number of likely N-dealkylation sites (tertiary alicyclic amines) is 2. The molecular weight excluding hydrogens is 1150 g/mol. The summed E-state index contributed by atoms with van der Waals surface area (Å²) in [7, 11) is 1.50. The number of Topliss-reactive ketones (excluding diaryl/α,β-unsaturated/α-hetero) is 2. The molecule has 28 nitrogen and oxygen atoms in total. The van der Waals surface area contributed by atoms with E-state index in [1.54, 1.807) is 36.5 Å². The molecule has 4 aromatic rings. The number of guanidine groups is 1. The lowest BCUT2D eigenvalue weighted by molar-refractivity contribution is -0.145. The average molecular weight is 1240 g/mol. The number of rotatable bonds is 31. The van der Waals surface area contributed by atoms with Crippen molar-refractivity contribution in [2.24, 2.45) is 34.0 Å². The number of nitrogens with two attached hydrogens (primary N) is 3. The molecule has 1 aromatic heterocycles. The Balaban J connectivity index is 1.13. The number of urea groups is 1. The lowest BCUT2D eigenvalue weighted by atomic mass is 9.90. The Morgan fingerprint density at radius 1 is 0.652 bits per heavy atom. The van der Waals surface area contributed by atoms with Crippen LogP contribution in [0.5, 0.6) is 5.75 Å². The van der Waals surface area contributed by atoms with Gasteiger partial charge in [-0.1, -0.05) is 74.5 Å². The van der Waals surface area contributed by atoms with Crippen LogP contribution < -0.4 is 54.4 Å². The molecule has 3 heterocycles. The molecule has 3 aromatic carbocycles. The monoisotopic (exact) mass is 1230 g/mol. The highest BCUT2D eigenvalue weighted by Gasteiger charge is 2.46. The molecule has 6 rings (SSSR count). The molecule has 0 radical (unpaired) electrons. The normalized spacial score (nSPS) is 18.6. The molecule has 28 heteroatoms. The van der Waals surface area contributed by atoms with E-state index in [-0.39, 0.29) is 82.1 Å². The van der Waals surface area contributed by atoms with Gasteiger partial charge in [0.25, 0.3) is 0 Å². The first kappa shape index (κ1) is 68.7. The number of benzene rings is 3. The number of ketones is 2. The van der Waals surface area contributed by atoms with Crippen LogP contribution in [-0.4, -0.2) is 189 Å². The van der Waals surface area contributed by atoms with Crippen LogP contribution in [0.2, 0.25) is 0 Å². The Labute approximate surface area is 514 Å². The van der Waals surface area contributed by atoms with E-state index in [4.69, 9.17) is 17.2 Å². The quantitative estimate of drug-likeness (QED) is 0.0152. The minimum atomic E-state index is -1.77. The summed E-state index contributed by atoms with van der Waals surface area (Å²) in [6.07, 6.45) is -2.17. The van der Waals surface area contributed by atoms with Crippen LogP contribution in [0.4, 0.5) is 4.79 Å². The number of nitrogens with zero attached hydrogens (tertiary/aromatic N) is 3. The minimum absolute atomic E-state index is 0.0400. The van der Waals surface area contributed by atoms with Gasteiger partial charge in [-0.3, -0.25) is 52.9 Å². The van der Waals surface area contributed by atoms with Gasteiger partial charge < -0.3 is 84.5 Å². The zero-order valence-electron chi connectivity index (χ0n) is 50.2. The van der Waals surface area contributed by atoms with E-state index in [0.29, 0.717) is 17.5 Å². The number of carbonyl (C=O) groups excluding carboxylic acids is 11. The number of hydrogen-bond donors (Lipinski definition) is 14. The zero-order valence-corrected chi connectivity index (χ0v) is 50.2. The number of aliphatic imine (C=N–C) groups is 1. The highest BCUT2D eigenvalue weighted by atomic mass is 16.3. The number of nitrogens with one attached hydrogen (secondary N) is 8. The van der Waals surface area contributed by atoms with Gasteiger partial charge in [0.1, 0.15) is 36.0 Å². The number of carbonyl (C=O) groups is 11. The molecule has 2 aliphatic rings. The van der Waals surface area contributed by atoms with Crippen LogP contribution in [0.15, 0.2) is 90.1 Å². The van der Waals surface area contributed by atoms with Crippen molar-refractivity contribution in [3.8, 4) is 5.75 Å². The van der Waals surface area contributed by atoms with Crippen molar-refractivity contribution in [3.63, 3.8) is 0 Å². The van der Waals surface area contributed by atoms with Gasteiger partial charge >= 0.3 is 6.03 Å². The fraction of sp³-hybridized carbons (Fsp3) is 0.475. The molecule has 0 unspecified atom stereocenters. The van der Waals surface area contributed by atoms with E-state index in [1.165, 1.54) is 38.2 Å². The highest BCUT2D eigenvalue weighted by Crippen LogP contribution is 2.25. The second-order valence-electron chi connectivity index (χ2n) is 22.9. The number of aromatic nitrogens is 1. The maximum atomic E-state index is 14.5. The Morgan fingerprint density at radius 2 is 1.24 bits per heavy atom. The third-order valence-electron chi connectivity index (χ3n) is 15.5. The average Bonchev–Trinajstić information content (AvgIpc) is 2.54. The third-order valence-corrected chi connectivity index (χ3v) is 15.5. The highest BCUT2D eigenvalue weighted by molar-refractivity contribution is 6.00. The smallest absolute Gasteiger partial charge is 0.315 e. The number of β-amino-alcohol motifs (C(OH)–C–C–N with tert-alkyl or cyclic N) is 2. The Hall–Kier alpha value is -9.44. The molecule has 2 fully saturated rings. The second kappa shape index (κ2) is 32.5. The summed E-state index contributed by atoms with van der Waals surface area (Å²) in [5.41, 5.74) is 19.9. The number of para-hydroxylation sites is 1. The molecule has 2 saturated heterocycles. The van der Waals surface area contributed by atoms with Crippen LogP contribution in [0, 0.1) is 11.8 Å². The SMILES string of the molecule is CN=C(N)NCCC[C@H](CC(=O)[C@H](CC(C)C)NC(=O)NCC(=O)[C@H](Cc1ccccc1)NC(=O)[C@@H]1C[C@@H](O)CN1C(=O)[C@H](CC(N)=O)NC(=O)[C@@H]1C[C@@H](O)CN1C(=O)[C@@H](Cc1ccc(O)cc1)NC(C)=O)C(=O)N[C@@H](Cc1c[nH]c2ccccc12)C(N)=O. The van der Waals surface area contributed by atoms with Crippen LogP contribution in [0.3, 0.4) is 0 Å². The summed E-state index contributed by atoms with van der Waals surface area (Å²) in [6.45, 7) is 3.61. The number of hydrogen-bond acceptors (Lipinski definition) is 15. The van der Waals surface area contributed by atoms with Gasteiger partial charge in [0.2, 0.25) is 47.3 Å². The van der Waals surface area contributed by atoms with E-state index in [0.717, 1.165) is 26.3 Å². The summed E-state index contributed by atoms with van der Waals surface area (Å²) < 4.78 is 0. The third kappa shape index (κ3) is 20.3. The molecule has 0 spiro atoms. The number of H-pyrrole nitrogens is 1. The lowest BCUT2D eigenvalue weighted by Gasteiger charge is -2.31. The maximum Gasteiger partial charge on any atom is 0.315 e. The standard InChI is InChI=1S/C61H82N14O14/c1-33(2)21-44(51(80)25-37(13-10-20-66-60(64)65-4)55(84)71-46(54(63)83)24-38-29-67-43-15-9-8-14-42(38)43)73-61(89)68-30-52(81)45(22-35-11-6-5-7-12-35)70-56(85)49-26-40(78)32-75(49)59(88)48(28-53(62)82)72-57(86)50-27-41(79)31-74(50)58(87)47(69-34(3)76)23-36-16-18-39(77)19-17-36/h5-9,11-12,14-19,29,33,37,40-41,44-50,67,77-79H,10,13,20-28,30-32H2,1-4H3,(H2,62,82)(H2,63,83)(H,69,76)(H,70,85)(H,71,84)(H,72,86)(H3,64,65,66)(H2,68,73,89)/t37-,40-,41-,44+,45+,46+,47-,48+,49+,50+/m1/s1. The Morgan fingerprint density at radius 3 is 1.83 bits per heavy atom. The predicted molar refractivity (Wildman–Crippen MR) is 325 cm³/mol. The van der Waals surface area contributed by atoms with Gasteiger partial charge in [0, 0.05) is 88.7 Å². The molecule has 10 atom stereocenters. The molecule has 0 aliphatic carbocycles. The van der Waals surface area contributed by atoms with Gasteiger partial charge in [-0.15, -0.1) is 0 Å². The summed E-state index contributed by atoms with van der Waals surface area (Å²) in [6, 6.07) is 11.2. The van der Waals surface area contributed by atoms with E-state index >= 15 is 0 Å². The van der Waals surface area contributed by atoms with E-state index in [1.807, 2.05) is 38.1 Å². The maximum absolute atomic E-state index is 14.5. The Bertz CT molecular complexity index is 3210. The molecule has 89 heavy (non-hydrogen) atoms. The molecule has 0 bridgehead atoms. The van der Waals surface area contributed by atoms with Crippen molar-refractivity contribution >= 4 is 81.7 Å². The van der Waals surface area contributed by atoms with Gasteiger partial charge in [-0.25, -0.2) is 4.79 Å². The summed E-state index contributed by atoms with van der Waals surface area (Å²) in [4.78, 5) is 160. The molecule has 17 N–H and O–H groups in total. The number of phenolic OH excluding ortho intramolecular Hbond substituents is 1. The molecule has 10 amide bonds. The zero-order chi connectivity index (χ0) is 65.1. The second-order valence-corrected chi connectivity index (χ2v) is 22.9. The van der Waals surface area contributed by atoms with Crippen LogP contribution >= 0.6 is 0 Å². The van der Waals surface area contributed by atoms with E-state index in [9.17, 15) is 68.1 Å².